The smallest absolute Gasteiger partial charge is 0.238 e. The summed E-state index contributed by atoms with van der Waals surface area (Å²) in [5.74, 6) is 0.523. The average Bonchev–Trinajstić information content (AvgIpc) is 3.32. The molecule has 3 fully saturated rings. The number of ether oxygens (including phenoxy) is 1. The lowest BCUT2D eigenvalue weighted by molar-refractivity contribution is -0.122. The van der Waals surface area contributed by atoms with Crippen LogP contribution in [0.1, 0.15) is 32.1 Å². The van der Waals surface area contributed by atoms with E-state index in [0.717, 1.165) is 18.6 Å². The first-order chi connectivity index (χ1) is 12.7. The molecule has 0 radical (unpaired) electrons. The van der Waals surface area contributed by atoms with Crippen molar-refractivity contribution in [2.24, 2.45) is 23.7 Å². The number of carbonyl (C=O) groups is 2. The van der Waals surface area contributed by atoms with Crippen LogP contribution in [0, 0.1) is 23.7 Å². The fraction of sp³-hybridized carbons (Fsp3) is 0.455. The molecule has 3 aliphatic carbocycles. The van der Waals surface area contributed by atoms with Gasteiger partial charge in [0.15, 0.2) is 0 Å². The number of benzene rings is 1. The third-order valence-electron chi connectivity index (χ3n) is 6.61. The highest BCUT2D eigenvalue weighted by molar-refractivity contribution is 6.23. The Morgan fingerprint density at radius 2 is 1.46 bits per heavy atom. The highest BCUT2D eigenvalue weighted by Gasteiger charge is 2.62. The van der Waals surface area contributed by atoms with E-state index in [1.165, 1.54) is 35.3 Å². The molecule has 0 N–H and O–H groups in total. The Labute approximate surface area is 153 Å². The van der Waals surface area contributed by atoms with Crippen LogP contribution in [-0.2, 0) is 9.59 Å². The van der Waals surface area contributed by atoms with Crippen molar-refractivity contribution in [1.29, 1.82) is 0 Å². The Morgan fingerprint density at radius 3 is 2.00 bits per heavy atom. The van der Waals surface area contributed by atoms with Crippen molar-refractivity contribution >= 4 is 17.5 Å². The molecule has 4 nitrogen and oxygen atoms in total. The standard InChI is InChI=1S/C22H23NO3/c1-26-15-9-7-14(8-10-15)23-21(24)19-16-11-12-17(20(19)22(23)25)18(16)13-5-3-2-4-6-13/h7-12,16-17,19-20H,2-6H2,1H3/t16-,17-,19-,20+/m0/s1. The molecule has 0 spiro atoms. The number of amides is 2. The minimum Gasteiger partial charge on any atom is -0.497 e. The van der Waals surface area contributed by atoms with E-state index in [2.05, 4.69) is 12.2 Å². The van der Waals surface area contributed by atoms with Gasteiger partial charge in [0.1, 0.15) is 5.75 Å². The Bertz CT molecular complexity index is 793. The van der Waals surface area contributed by atoms with E-state index in [1.54, 1.807) is 31.4 Å². The van der Waals surface area contributed by atoms with Gasteiger partial charge in [-0.25, -0.2) is 4.90 Å². The Balaban J connectivity index is 1.49. The summed E-state index contributed by atoms with van der Waals surface area (Å²) in [6.45, 7) is 0. The van der Waals surface area contributed by atoms with E-state index < -0.39 is 0 Å². The third-order valence-corrected chi connectivity index (χ3v) is 6.61. The maximum absolute atomic E-state index is 13.2. The molecule has 0 aromatic heterocycles. The van der Waals surface area contributed by atoms with Crippen LogP contribution < -0.4 is 9.64 Å². The zero-order chi connectivity index (χ0) is 17.8. The fourth-order valence-electron chi connectivity index (χ4n) is 5.49. The van der Waals surface area contributed by atoms with E-state index in [-0.39, 0.29) is 35.5 Å². The van der Waals surface area contributed by atoms with Crippen LogP contribution in [0.4, 0.5) is 5.69 Å². The molecule has 4 atom stereocenters. The zero-order valence-corrected chi connectivity index (χ0v) is 15.0. The van der Waals surface area contributed by atoms with Crippen molar-refractivity contribution in [3.63, 3.8) is 0 Å². The second-order valence-corrected chi connectivity index (χ2v) is 7.82. The van der Waals surface area contributed by atoms with Gasteiger partial charge >= 0.3 is 0 Å². The molecule has 1 aromatic carbocycles. The molecule has 4 aliphatic rings. The van der Waals surface area contributed by atoms with Gasteiger partial charge in [0.25, 0.3) is 0 Å². The predicted molar refractivity (Wildman–Crippen MR) is 98.7 cm³/mol. The average molecular weight is 349 g/mol. The van der Waals surface area contributed by atoms with Gasteiger partial charge in [0, 0.05) is 11.8 Å². The SMILES string of the molecule is COc1ccc(N2C(=O)[C@@H]3[C@H](C2=O)[C@H]2C=C[C@H]3C2=C2CCCCC2)cc1. The number of carbonyl (C=O) groups excluding carboxylic acids is 2. The van der Waals surface area contributed by atoms with Gasteiger partial charge in [-0.05, 0) is 49.9 Å². The first-order valence-corrected chi connectivity index (χ1v) is 9.62. The molecule has 0 unspecified atom stereocenters. The number of hydrogen-bond acceptors (Lipinski definition) is 3. The summed E-state index contributed by atoms with van der Waals surface area (Å²) in [6.07, 6.45) is 10.5. The number of imide groups is 1. The molecule has 1 heterocycles. The molecule has 5 rings (SSSR count). The molecular weight excluding hydrogens is 326 g/mol. The highest BCUT2D eigenvalue weighted by atomic mass is 16.5. The lowest BCUT2D eigenvalue weighted by atomic mass is 9.85. The molecule has 26 heavy (non-hydrogen) atoms. The number of allylic oxidation sites excluding steroid dienone is 4. The summed E-state index contributed by atoms with van der Waals surface area (Å²) in [4.78, 5) is 27.8. The van der Waals surface area contributed by atoms with Crippen molar-refractivity contribution in [3.8, 4) is 5.75 Å². The summed E-state index contributed by atoms with van der Waals surface area (Å²) in [7, 11) is 1.61. The second-order valence-electron chi connectivity index (χ2n) is 7.82. The lowest BCUT2D eigenvalue weighted by Gasteiger charge is -2.23. The van der Waals surface area contributed by atoms with Crippen LogP contribution in [0.5, 0.6) is 5.75 Å². The van der Waals surface area contributed by atoms with E-state index in [1.807, 2.05) is 0 Å². The van der Waals surface area contributed by atoms with Crippen molar-refractivity contribution in [2.45, 2.75) is 32.1 Å². The number of anilines is 1. The quantitative estimate of drug-likeness (QED) is 0.601. The van der Waals surface area contributed by atoms with Crippen LogP contribution in [0.15, 0.2) is 47.6 Å². The highest BCUT2D eigenvalue weighted by Crippen LogP contribution is 2.58. The largest absolute Gasteiger partial charge is 0.497 e. The van der Waals surface area contributed by atoms with Gasteiger partial charge in [-0.3, -0.25) is 9.59 Å². The number of rotatable bonds is 2. The van der Waals surface area contributed by atoms with Crippen LogP contribution in [-0.4, -0.2) is 18.9 Å². The van der Waals surface area contributed by atoms with Crippen LogP contribution in [0.3, 0.4) is 0 Å². The number of methoxy groups -OCH3 is 1. The molecular formula is C22H23NO3. The normalized spacial score (nSPS) is 32.6. The van der Waals surface area contributed by atoms with E-state index >= 15 is 0 Å². The van der Waals surface area contributed by atoms with Crippen molar-refractivity contribution in [3.05, 3.63) is 47.6 Å². The maximum Gasteiger partial charge on any atom is 0.238 e. The van der Waals surface area contributed by atoms with Crippen molar-refractivity contribution in [2.75, 3.05) is 12.0 Å². The van der Waals surface area contributed by atoms with Gasteiger partial charge in [-0.2, -0.15) is 0 Å². The van der Waals surface area contributed by atoms with Crippen molar-refractivity contribution in [1.82, 2.24) is 0 Å². The summed E-state index contributed by atoms with van der Waals surface area (Å²) in [5.41, 5.74) is 3.60. The third kappa shape index (κ3) is 2.08. The van der Waals surface area contributed by atoms with Gasteiger partial charge in [-0.1, -0.05) is 29.7 Å². The van der Waals surface area contributed by atoms with Gasteiger partial charge in [0.05, 0.1) is 24.6 Å². The Kier molecular flexibility index (Phi) is 3.56. The molecule has 134 valence electrons. The molecule has 1 aromatic rings. The number of fused-ring (bicyclic) bond motifs is 5. The molecule has 1 aliphatic heterocycles. The first kappa shape index (κ1) is 15.9. The zero-order valence-electron chi connectivity index (χ0n) is 15.0. The summed E-state index contributed by atoms with van der Waals surface area (Å²) < 4.78 is 5.18. The summed E-state index contributed by atoms with van der Waals surface area (Å²) in [5, 5.41) is 0. The van der Waals surface area contributed by atoms with Gasteiger partial charge in [0.2, 0.25) is 11.8 Å². The van der Waals surface area contributed by atoms with Gasteiger partial charge < -0.3 is 4.74 Å². The van der Waals surface area contributed by atoms with E-state index in [9.17, 15) is 9.59 Å². The lowest BCUT2D eigenvalue weighted by Crippen LogP contribution is -2.33. The fourth-order valence-corrected chi connectivity index (χ4v) is 5.49. The van der Waals surface area contributed by atoms with E-state index in [4.69, 9.17) is 4.74 Å². The minimum atomic E-state index is -0.205. The first-order valence-electron chi connectivity index (χ1n) is 9.62. The number of nitrogens with zero attached hydrogens (tertiary/aromatic N) is 1. The maximum atomic E-state index is 13.2. The second kappa shape index (κ2) is 5.83. The Hall–Kier alpha value is -2.36. The van der Waals surface area contributed by atoms with Gasteiger partial charge in [-0.15, -0.1) is 0 Å². The Morgan fingerprint density at radius 1 is 0.885 bits per heavy atom. The molecule has 1 saturated heterocycles. The molecule has 2 saturated carbocycles. The van der Waals surface area contributed by atoms with Crippen molar-refractivity contribution < 1.29 is 14.3 Å². The molecule has 2 bridgehead atoms. The molecule has 4 heteroatoms. The number of hydrogen-bond donors (Lipinski definition) is 0. The van der Waals surface area contributed by atoms with Crippen LogP contribution in [0.25, 0.3) is 0 Å². The van der Waals surface area contributed by atoms with Crippen LogP contribution >= 0.6 is 0 Å². The topological polar surface area (TPSA) is 46.6 Å². The van der Waals surface area contributed by atoms with Crippen LogP contribution in [0.2, 0.25) is 0 Å². The summed E-state index contributed by atoms with van der Waals surface area (Å²) in [6, 6.07) is 7.19. The molecule has 2 amide bonds. The minimum absolute atomic E-state index is 0.0315. The monoisotopic (exact) mass is 349 g/mol. The predicted octanol–water partition coefficient (Wildman–Crippen LogP) is 3.88. The van der Waals surface area contributed by atoms with E-state index in [0.29, 0.717) is 5.69 Å². The summed E-state index contributed by atoms with van der Waals surface area (Å²) >= 11 is 0.